The third-order valence-corrected chi connectivity index (χ3v) is 5.34. The molecule has 0 radical (unpaired) electrons. The van der Waals surface area contributed by atoms with Gasteiger partial charge in [-0.3, -0.25) is 4.79 Å². The summed E-state index contributed by atoms with van der Waals surface area (Å²) in [5.74, 6) is 1.92. The van der Waals surface area contributed by atoms with Crippen LogP contribution < -0.4 is 0 Å². The molecule has 3 rings (SSSR count). The van der Waals surface area contributed by atoms with Gasteiger partial charge in [-0.1, -0.05) is 30.3 Å². The Morgan fingerprint density at radius 2 is 1.67 bits per heavy atom. The van der Waals surface area contributed by atoms with Crippen molar-refractivity contribution in [2.45, 2.75) is 57.3 Å². The van der Waals surface area contributed by atoms with Crippen LogP contribution in [0.15, 0.2) is 30.3 Å². The van der Waals surface area contributed by atoms with Gasteiger partial charge in [0.25, 0.3) is 0 Å². The number of rotatable bonds is 4. The Hall–Kier alpha value is -1.31. The van der Waals surface area contributed by atoms with Gasteiger partial charge < -0.3 is 4.90 Å². The fourth-order valence-corrected chi connectivity index (χ4v) is 3.96. The summed E-state index contributed by atoms with van der Waals surface area (Å²) in [4.78, 5) is 14.2. The average Bonchev–Trinajstić information content (AvgIpc) is 3.08. The molecular weight excluding hydrogens is 258 g/mol. The molecule has 1 aliphatic heterocycles. The fourth-order valence-electron chi connectivity index (χ4n) is 3.96. The van der Waals surface area contributed by atoms with Gasteiger partial charge in [0.2, 0.25) is 5.91 Å². The van der Waals surface area contributed by atoms with Crippen molar-refractivity contribution in [1.82, 2.24) is 4.90 Å². The smallest absolute Gasteiger partial charge is 0.222 e. The Kier molecular flexibility index (Phi) is 4.95. The molecule has 0 bridgehead atoms. The number of benzene rings is 1. The third-order valence-electron chi connectivity index (χ3n) is 5.34. The van der Waals surface area contributed by atoms with Crippen molar-refractivity contribution in [3.05, 3.63) is 35.9 Å². The zero-order valence-electron chi connectivity index (χ0n) is 13.0. The van der Waals surface area contributed by atoms with E-state index in [1.807, 2.05) is 0 Å². The van der Waals surface area contributed by atoms with Gasteiger partial charge in [-0.25, -0.2) is 0 Å². The highest BCUT2D eigenvalue weighted by molar-refractivity contribution is 5.76. The molecule has 0 spiro atoms. The maximum absolute atomic E-state index is 12.1. The zero-order valence-corrected chi connectivity index (χ0v) is 13.0. The molecule has 2 heteroatoms. The Bertz CT molecular complexity index is 442. The molecule has 0 unspecified atom stereocenters. The molecule has 1 heterocycles. The summed E-state index contributed by atoms with van der Waals surface area (Å²) in [5, 5.41) is 0. The molecule has 0 aromatic heterocycles. The van der Waals surface area contributed by atoms with Crippen LogP contribution in [0.4, 0.5) is 0 Å². The van der Waals surface area contributed by atoms with Crippen LogP contribution in [-0.2, 0) is 4.79 Å². The van der Waals surface area contributed by atoms with E-state index in [1.165, 1.54) is 44.1 Å². The summed E-state index contributed by atoms with van der Waals surface area (Å²) >= 11 is 0. The summed E-state index contributed by atoms with van der Waals surface area (Å²) < 4.78 is 0. The number of likely N-dealkylation sites (tertiary alicyclic amines) is 1. The van der Waals surface area contributed by atoms with Crippen LogP contribution in [0.2, 0.25) is 0 Å². The van der Waals surface area contributed by atoms with Gasteiger partial charge in [0.15, 0.2) is 0 Å². The number of carbonyl (C=O) groups excluding carboxylic acids is 1. The predicted molar refractivity (Wildman–Crippen MR) is 86.2 cm³/mol. The van der Waals surface area contributed by atoms with E-state index >= 15 is 0 Å². The van der Waals surface area contributed by atoms with Crippen LogP contribution in [0.1, 0.15) is 62.8 Å². The molecule has 2 nitrogen and oxygen atoms in total. The summed E-state index contributed by atoms with van der Waals surface area (Å²) in [6.07, 6.45) is 9.48. The normalized spacial score (nSPS) is 26.0. The summed E-state index contributed by atoms with van der Waals surface area (Å²) in [6.45, 7) is 2.00. The fraction of sp³-hybridized carbons (Fsp3) is 0.632. The van der Waals surface area contributed by atoms with Crippen molar-refractivity contribution in [2.75, 3.05) is 13.1 Å². The molecule has 1 aliphatic carbocycles. The lowest BCUT2D eigenvalue weighted by Gasteiger charge is -2.29. The van der Waals surface area contributed by atoms with Crippen LogP contribution in [0.3, 0.4) is 0 Å². The van der Waals surface area contributed by atoms with Crippen molar-refractivity contribution >= 4 is 5.91 Å². The third kappa shape index (κ3) is 3.87. The van der Waals surface area contributed by atoms with E-state index in [1.54, 1.807) is 0 Å². The number of hydrogen-bond acceptors (Lipinski definition) is 1. The second-order valence-corrected chi connectivity index (χ2v) is 6.75. The molecule has 2 fully saturated rings. The SMILES string of the molecule is O=C(CCC1CCC(c2ccccc2)CC1)N1CCCC1. The van der Waals surface area contributed by atoms with Crippen LogP contribution in [0.5, 0.6) is 0 Å². The molecule has 21 heavy (non-hydrogen) atoms. The van der Waals surface area contributed by atoms with Crippen molar-refractivity contribution in [1.29, 1.82) is 0 Å². The van der Waals surface area contributed by atoms with E-state index in [2.05, 4.69) is 35.2 Å². The number of amides is 1. The first kappa shape index (κ1) is 14.6. The Balaban J connectivity index is 1.40. The highest BCUT2D eigenvalue weighted by atomic mass is 16.2. The topological polar surface area (TPSA) is 20.3 Å². The number of nitrogens with zero attached hydrogens (tertiary/aromatic N) is 1. The maximum atomic E-state index is 12.1. The first-order valence-corrected chi connectivity index (χ1v) is 8.65. The van der Waals surface area contributed by atoms with Crippen molar-refractivity contribution in [3.8, 4) is 0 Å². The molecular formula is C19H27NO. The van der Waals surface area contributed by atoms with Crippen LogP contribution in [-0.4, -0.2) is 23.9 Å². The van der Waals surface area contributed by atoms with E-state index in [0.29, 0.717) is 5.91 Å². The van der Waals surface area contributed by atoms with Crippen molar-refractivity contribution in [2.24, 2.45) is 5.92 Å². The monoisotopic (exact) mass is 285 g/mol. The molecule has 114 valence electrons. The van der Waals surface area contributed by atoms with Crippen LogP contribution >= 0.6 is 0 Å². The van der Waals surface area contributed by atoms with Gasteiger partial charge in [-0.05, 0) is 62.3 Å². The Labute approximate surface area is 128 Å². The van der Waals surface area contributed by atoms with Gasteiger partial charge in [-0.15, -0.1) is 0 Å². The quantitative estimate of drug-likeness (QED) is 0.804. The molecule has 1 amide bonds. The molecule has 2 aliphatic rings. The van der Waals surface area contributed by atoms with Gasteiger partial charge in [-0.2, -0.15) is 0 Å². The molecule has 1 aromatic carbocycles. The lowest BCUT2D eigenvalue weighted by Crippen LogP contribution is -2.28. The maximum Gasteiger partial charge on any atom is 0.222 e. The largest absolute Gasteiger partial charge is 0.343 e. The minimum Gasteiger partial charge on any atom is -0.343 e. The van der Waals surface area contributed by atoms with E-state index in [9.17, 15) is 4.79 Å². The van der Waals surface area contributed by atoms with Crippen molar-refractivity contribution in [3.63, 3.8) is 0 Å². The van der Waals surface area contributed by atoms with Gasteiger partial charge in [0.05, 0.1) is 0 Å². The van der Waals surface area contributed by atoms with Gasteiger partial charge in [0, 0.05) is 19.5 Å². The lowest BCUT2D eigenvalue weighted by molar-refractivity contribution is -0.130. The van der Waals surface area contributed by atoms with Crippen molar-refractivity contribution < 1.29 is 4.79 Å². The molecule has 0 atom stereocenters. The Morgan fingerprint density at radius 1 is 1.00 bits per heavy atom. The van der Waals surface area contributed by atoms with E-state index in [-0.39, 0.29) is 0 Å². The van der Waals surface area contributed by atoms with E-state index in [4.69, 9.17) is 0 Å². The Morgan fingerprint density at radius 3 is 2.33 bits per heavy atom. The van der Waals surface area contributed by atoms with Gasteiger partial charge >= 0.3 is 0 Å². The lowest BCUT2D eigenvalue weighted by atomic mass is 9.77. The van der Waals surface area contributed by atoms with E-state index in [0.717, 1.165) is 37.8 Å². The van der Waals surface area contributed by atoms with Crippen LogP contribution in [0.25, 0.3) is 0 Å². The first-order chi connectivity index (χ1) is 10.3. The molecule has 0 N–H and O–H groups in total. The molecule has 1 saturated heterocycles. The zero-order chi connectivity index (χ0) is 14.5. The minimum atomic E-state index is 0.401. The van der Waals surface area contributed by atoms with Crippen LogP contribution in [0, 0.1) is 5.92 Å². The number of carbonyl (C=O) groups is 1. The summed E-state index contributed by atoms with van der Waals surface area (Å²) in [5.41, 5.74) is 1.50. The second kappa shape index (κ2) is 7.11. The first-order valence-electron chi connectivity index (χ1n) is 8.65. The highest BCUT2D eigenvalue weighted by Crippen LogP contribution is 2.37. The highest BCUT2D eigenvalue weighted by Gasteiger charge is 2.24. The summed E-state index contributed by atoms with van der Waals surface area (Å²) in [6, 6.07) is 10.9. The molecule has 1 saturated carbocycles. The summed E-state index contributed by atoms with van der Waals surface area (Å²) in [7, 11) is 0. The number of hydrogen-bond donors (Lipinski definition) is 0. The predicted octanol–water partition coefficient (Wildman–Crippen LogP) is 4.36. The van der Waals surface area contributed by atoms with E-state index < -0.39 is 0 Å². The van der Waals surface area contributed by atoms with Gasteiger partial charge in [0.1, 0.15) is 0 Å². The average molecular weight is 285 g/mol. The standard InChI is InChI=1S/C19H27NO/c21-19(20-14-4-5-15-20)13-10-16-8-11-18(12-9-16)17-6-2-1-3-7-17/h1-3,6-7,16,18H,4-5,8-15H2. The molecule has 1 aromatic rings. The minimum absolute atomic E-state index is 0.401. The second-order valence-electron chi connectivity index (χ2n) is 6.75.